The van der Waals surface area contributed by atoms with E-state index in [4.69, 9.17) is 4.74 Å². The summed E-state index contributed by atoms with van der Waals surface area (Å²) in [6.45, 7) is -2.78. The average Bonchev–Trinajstić information content (AvgIpc) is 3.35. The lowest BCUT2D eigenvalue weighted by Crippen LogP contribution is -2.23. The molecule has 0 fully saturated rings. The summed E-state index contributed by atoms with van der Waals surface area (Å²) in [6.07, 6.45) is 0. The molecular formula is C24H21F2N5O3S. The fourth-order valence-corrected chi connectivity index (χ4v) is 4.24. The Bertz CT molecular complexity index is 1290. The van der Waals surface area contributed by atoms with E-state index in [1.807, 2.05) is 42.5 Å². The molecule has 1 N–H and O–H groups in total. The van der Waals surface area contributed by atoms with Crippen molar-refractivity contribution in [2.45, 2.75) is 23.8 Å². The van der Waals surface area contributed by atoms with Crippen molar-refractivity contribution in [3.8, 4) is 17.2 Å². The molecule has 3 aromatic carbocycles. The van der Waals surface area contributed by atoms with Crippen LogP contribution in [-0.2, 0) is 12.3 Å². The highest BCUT2D eigenvalue weighted by molar-refractivity contribution is 7.98. The molecule has 4 rings (SSSR count). The summed E-state index contributed by atoms with van der Waals surface area (Å²) >= 11 is 1.45. The number of methoxy groups -OCH3 is 1. The molecular weight excluding hydrogens is 476 g/mol. The molecule has 0 aliphatic heterocycles. The largest absolute Gasteiger partial charge is 0.493 e. The van der Waals surface area contributed by atoms with Crippen LogP contribution < -0.4 is 14.8 Å². The smallest absolute Gasteiger partial charge is 0.387 e. The SMILES string of the molecule is COc1cc(CNC(=O)c2ccccc2SCc2nnnn2-c2ccccc2)ccc1OC(F)F. The number of nitrogens with one attached hydrogen (secondary N) is 1. The zero-order valence-corrected chi connectivity index (χ0v) is 19.4. The third-order valence-corrected chi connectivity index (χ3v) is 5.99. The monoisotopic (exact) mass is 497 g/mol. The summed E-state index contributed by atoms with van der Waals surface area (Å²) in [7, 11) is 1.36. The normalized spacial score (nSPS) is 10.9. The number of aromatic nitrogens is 4. The molecule has 0 bridgehead atoms. The highest BCUT2D eigenvalue weighted by Gasteiger charge is 2.15. The van der Waals surface area contributed by atoms with Crippen LogP contribution in [0.4, 0.5) is 8.78 Å². The first-order chi connectivity index (χ1) is 17.0. The Labute approximate surface area is 204 Å². The summed E-state index contributed by atoms with van der Waals surface area (Å²) in [5.74, 6) is 0.910. The summed E-state index contributed by atoms with van der Waals surface area (Å²) in [4.78, 5) is 13.7. The number of para-hydroxylation sites is 1. The quantitative estimate of drug-likeness (QED) is 0.323. The van der Waals surface area contributed by atoms with Crippen LogP contribution in [0.2, 0.25) is 0 Å². The van der Waals surface area contributed by atoms with E-state index in [1.54, 1.807) is 28.9 Å². The van der Waals surface area contributed by atoms with Crippen molar-refractivity contribution >= 4 is 17.7 Å². The number of amides is 1. The van der Waals surface area contributed by atoms with Crippen molar-refractivity contribution in [3.05, 3.63) is 89.7 Å². The Balaban J connectivity index is 1.42. The van der Waals surface area contributed by atoms with E-state index >= 15 is 0 Å². The molecule has 11 heteroatoms. The van der Waals surface area contributed by atoms with Crippen molar-refractivity contribution in [1.82, 2.24) is 25.5 Å². The van der Waals surface area contributed by atoms with Crippen LogP contribution in [0.5, 0.6) is 11.5 Å². The number of hydrogen-bond donors (Lipinski definition) is 1. The molecule has 0 saturated heterocycles. The van der Waals surface area contributed by atoms with E-state index in [2.05, 4.69) is 25.6 Å². The standard InChI is InChI=1S/C24H21F2N5O3S/c1-33-20-13-16(11-12-19(20)34-24(25)26)14-27-23(32)18-9-5-6-10-21(18)35-15-22-28-29-30-31(22)17-7-3-2-4-8-17/h2-13,24H,14-15H2,1H3,(H,27,32). The lowest BCUT2D eigenvalue weighted by molar-refractivity contribution is -0.0512. The van der Waals surface area contributed by atoms with Crippen LogP contribution in [-0.4, -0.2) is 39.8 Å². The zero-order chi connectivity index (χ0) is 24.6. The third kappa shape index (κ3) is 6.12. The molecule has 0 radical (unpaired) electrons. The minimum absolute atomic E-state index is 0.0721. The average molecular weight is 498 g/mol. The second-order valence-corrected chi connectivity index (χ2v) is 8.19. The minimum Gasteiger partial charge on any atom is -0.493 e. The number of rotatable bonds is 10. The molecule has 1 amide bonds. The molecule has 1 heterocycles. The fourth-order valence-electron chi connectivity index (χ4n) is 3.28. The van der Waals surface area contributed by atoms with Gasteiger partial charge in [-0.15, -0.1) is 16.9 Å². The first kappa shape index (κ1) is 24.1. The number of nitrogens with zero attached hydrogens (tertiary/aromatic N) is 4. The minimum atomic E-state index is -2.96. The van der Waals surface area contributed by atoms with E-state index in [0.717, 1.165) is 10.6 Å². The van der Waals surface area contributed by atoms with Crippen molar-refractivity contribution in [2.24, 2.45) is 0 Å². The van der Waals surface area contributed by atoms with Crippen LogP contribution in [0, 0.1) is 0 Å². The number of thioether (sulfide) groups is 1. The Hall–Kier alpha value is -3.99. The fraction of sp³-hybridized carbons (Fsp3) is 0.167. The summed E-state index contributed by atoms with van der Waals surface area (Å²) < 4.78 is 36.3. The lowest BCUT2D eigenvalue weighted by atomic mass is 10.1. The highest BCUT2D eigenvalue weighted by Crippen LogP contribution is 2.30. The molecule has 1 aromatic heterocycles. The molecule has 0 unspecified atom stereocenters. The Morgan fingerprint density at radius 3 is 2.60 bits per heavy atom. The topological polar surface area (TPSA) is 91.2 Å². The highest BCUT2D eigenvalue weighted by atomic mass is 32.2. The maximum atomic E-state index is 12.9. The van der Waals surface area contributed by atoms with Crippen molar-refractivity contribution in [2.75, 3.05) is 7.11 Å². The van der Waals surface area contributed by atoms with Crippen LogP contribution in [0.1, 0.15) is 21.7 Å². The van der Waals surface area contributed by atoms with Gasteiger partial charge in [0.05, 0.1) is 24.1 Å². The summed E-state index contributed by atoms with van der Waals surface area (Å²) in [6, 6.07) is 21.3. The summed E-state index contributed by atoms with van der Waals surface area (Å²) in [5.41, 5.74) is 2.02. The van der Waals surface area contributed by atoms with Crippen LogP contribution in [0.3, 0.4) is 0 Å². The van der Waals surface area contributed by atoms with Crippen LogP contribution in [0.25, 0.3) is 5.69 Å². The summed E-state index contributed by atoms with van der Waals surface area (Å²) in [5, 5.41) is 14.8. The Morgan fingerprint density at radius 1 is 1.06 bits per heavy atom. The maximum Gasteiger partial charge on any atom is 0.387 e. The van der Waals surface area contributed by atoms with E-state index in [-0.39, 0.29) is 24.0 Å². The van der Waals surface area contributed by atoms with Gasteiger partial charge in [-0.2, -0.15) is 13.5 Å². The van der Waals surface area contributed by atoms with Gasteiger partial charge < -0.3 is 14.8 Å². The van der Waals surface area contributed by atoms with Crippen LogP contribution in [0.15, 0.2) is 77.7 Å². The van der Waals surface area contributed by atoms with Gasteiger partial charge in [-0.25, -0.2) is 0 Å². The number of alkyl halides is 2. The van der Waals surface area contributed by atoms with Gasteiger partial charge in [0.2, 0.25) is 0 Å². The molecule has 0 spiro atoms. The van der Waals surface area contributed by atoms with Gasteiger partial charge in [0, 0.05) is 11.4 Å². The predicted octanol–water partition coefficient (Wildman–Crippen LogP) is 4.49. The van der Waals surface area contributed by atoms with E-state index in [1.165, 1.54) is 24.9 Å². The van der Waals surface area contributed by atoms with Gasteiger partial charge in [0.15, 0.2) is 17.3 Å². The van der Waals surface area contributed by atoms with Gasteiger partial charge in [-0.1, -0.05) is 36.4 Å². The molecule has 180 valence electrons. The van der Waals surface area contributed by atoms with Crippen molar-refractivity contribution in [1.29, 1.82) is 0 Å². The van der Waals surface area contributed by atoms with Crippen molar-refractivity contribution in [3.63, 3.8) is 0 Å². The van der Waals surface area contributed by atoms with Gasteiger partial charge in [0.25, 0.3) is 5.91 Å². The number of halogens is 2. The number of hydrogen-bond acceptors (Lipinski definition) is 7. The molecule has 35 heavy (non-hydrogen) atoms. The zero-order valence-electron chi connectivity index (χ0n) is 18.6. The van der Waals surface area contributed by atoms with Crippen LogP contribution >= 0.6 is 11.8 Å². The Kier molecular flexibility index (Phi) is 7.88. The number of carbonyl (C=O) groups is 1. The van der Waals surface area contributed by atoms with Gasteiger partial charge in [-0.05, 0) is 52.4 Å². The molecule has 0 aliphatic carbocycles. The maximum absolute atomic E-state index is 12.9. The van der Waals surface area contributed by atoms with Gasteiger partial charge in [0.1, 0.15) is 0 Å². The number of carbonyl (C=O) groups excluding carboxylic acids is 1. The van der Waals surface area contributed by atoms with E-state index < -0.39 is 6.61 Å². The first-order valence-electron chi connectivity index (χ1n) is 10.5. The van der Waals surface area contributed by atoms with E-state index in [0.29, 0.717) is 22.7 Å². The molecule has 4 aromatic rings. The molecule has 0 atom stereocenters. The lowest BCUT2D eigenvalue weighted by Gasteiger charge is -2.13. The Morgan fingerprint density at radius 2 is 1.83 bits per heavy atom. The molecule has 0 saturated carbocycles. The van der Waals surface area contributed by atoms with Gasteiger partial charge >= 0.3 is 6.61 Å². The predicted molar refractivity (Wildman–Crippen MR) is 126 cm³/mol. The van der Waals surface area contributed by atoms with Gasteiger partial charge in [-0.3, -0.25) is 4.79 Å². The second-order valence-electron chi connectivity index (χ2n) is 7.17. The number of ether oxygens (including phenoxy) is 2. The molecule has 8 nitrogen and oxygen atoms in total. The van der Waals surface area contributed by atoms with E-state index in [9.17, 15) is 13.6 Å². The first-order valence-corrected chi connectivity index (χ1v) is 11.5. The number of benzene rings is 3. The molecule has 0 aliphatic rings. The second kappa shape index (κ2) is 11.4. The van der Waals surface area contributed by atoms with Crippen molar-refractivity contribution < 1.29 is 23.0 Å². The number of tetrazole rings is 1. The third-order valence-electron chi connectivity index (χ3n) is 4.92.